The smallest absolute Gasteiger partial charge is 0.243 e. The van der Waals surface area contributed by atoms with Crippen molar-refractivity contribution >= 4 is 15.9 Å². The van der Waals surface area contributed by atoms with Crippen LogP contribution in [0.4, 0.5) is 0 Å². The first-order valence-corrected chi connectivity index (χ1v) is 14.7. The Kier molecular flexibility index (Phi) is 10.2. The largest absolute Gasteiger partial charge is 0.497 e. The average molecular weight is 523 g/mol. The zero-order valence-corrected chi connectivity index (χ0v) is 23.9. The molecule has 1 heterocycles. The molecule has 9 heteroatoms. The summed E-state index contributed by atoms with van der Waals surface area (Å²) in [5.41, 5.74) is 1.28. The molecule has 3 rings (SSSR count). The van der Waals surface area contributed by atoms with E-state index in [-0.39, 0.29) is 23.8 Å². The van der Waals surface area contributed by atoms with Gasteiger partial charge in [0.1, 0.15) is 5.75 Å². The van der Waals surface area contributed by atoms with E-state index in [4.69, 9.17) is 4.74 Å². The first-order valence-electron chi connectivity index (χ1n) is 13.3. The molecule has 1 N–H and O–H groups in total. The normalized spacial score (nSPS) is 23.4. The molecule has 8 nitrogen and oxygen atoms in total. The number of nitrogens with one attached hydrogen (secondary N) is 1. The van der Waals surface area contributed by atoms with Gasteiger partial charge in [-0.15, -0.1) is 0 Å². The number of benzene rings is 1. The summed E-state index contributed by atoms with van der Waals surface area (Å²) in [6.07, 6.45) is 6.18. The fourth-order valence-corrected chi connectivity index (χ4v) is 7.27. The van der Waals surface area contributed by atoms with Crippen LogP contribution in [0.25, 0.3) is 0 Å². The highest BCUT2D eigenvalue weighted by atomic mass is 32.2. The Morgan fingerprint density at radius 3 is 2.22 bits per heavy atom. The van der Waals surface area contributed by atoms with E-state index in [0.717, 1.165) is 18.8 Å². The second-order valence-electron chi connectivity index (χ2n) is 11.0. The van der Waals surface area contributed by atoms with Crippen molar-refractivity contribution in [3.8, 4) is 5.75 Å². The van der Waals surface area contributed by atoms with Gasteiger partial charge >= 0.3 is 0 Å². The summed E-state index contributed by atoms with van der Waals surface area (Å²) in [6, 6.07) is 4.14. The summed E-state index contributed by atoms with van der Waals surface area (Å²) < 4.78 is 32.8. The van der Waals surface area contributed by atoms with Crippen LogP contribution in [-0.4, -0.2) is 95.4 Å². The maximum Gasteiger partial charge on any atom is 0.243 e. The zero-order valence-electron chi connectivity index (χ0n) is 23.0. The summed E-state index contributed by atoms with van der Waals surface area (Å²) in [7, 11) is 3.76. The Bertz CT molecular complexity index is 966. The standard InChI is InChI=1S/C27H46N4O4S/c1-20-15-25(35-6)16-21(2)27(20)36(33,34)30(5)13-12-26(32)28-17-22-7-9-23(10-8-22)18-31-14-11-24(19-31)29(3)4/h15-16,22-24H,7-14,17-19H2,1-6H3,(H,28,32)/t22-,23-,24?. The number of carbonyl (C=O) groups is 1. The highest BCUT2D eigenvalue weighted by Gasteiger charge is 2.29. The Labute approximate surface area is 218 Å². The molecule has 1 saturated heterocycles. The molecule has 2 fully saturated rings. The number of carbonyl (C=O) groups excluding carboxylic acids is 1. The molecule has 0 aromatic heterocycles. The van der Waals surface area contributed by atoms with Gasteiger partial charge in [-0.1, -0.05) is 0 Å². The van der Waals surface area contributed by atoms with Crippen LogP contribution in [0.1, 0.15) is 49.7 Å². The SMILES string of the molecule is COc1cc(C)c(S(=O)(=O)N(C)CCC(=O)NC[C@H]2CC[C@H](CN3CCC(N(C)C)C3)CC2)c(C)c1. The lowest BCUT2D eigenvalue weighted by Gasteiger charge is -2.31. The molecule has 1 unspecified atom stereocenters. The fourth-order valence-electron chi connectivity index (χ4n) is 5.70. The van der Waals surface area contributed by atoms with Crippen LogP contribution in [0.15, 0.2) is 17.0 Å². The van der Waals surface area contributed by atoms with Crippen molar-refractivity contribution in [2.45, 2.75) is 63.3 Å². The molecule has 2 aliphatic rings. The molecule has 1 atom stereocenters. The predicted molar refractivity (Wildman–Crippen MR) is 144 cm³/mol. The van der Waals surface area contributed by atoms with Crippen LogP contribution in [-0.2, 0) is 14.8 Å². The van der Waals surface area contributed by atoms with Gasteiger partial charge in [0.15, 0.2) is 0 Å². The minimum Gasteiger partial charge on any atom is -0.497 e. The molecule has 1 aromatic carbocycles. The first kappa shape index (κ1) is 28.9. The number of ether oxygens (including phenoxy) is 1. The van der Waals surface area contributed by atoms with Gasteiger partial charge in [0.25, 0.3) is 0 Å². The van der Waals surface area contributed by atoms with Gasteiger partial charge < -0.3 is 19.9 Å². The van der Waals surface area contributed by atoms with E-state index in [0.29, 0.717) is 35.4 Å². The van der Waals surface area contributed by atoms with Crippen LogP contribution in [0.5, 0.6) is 5.75 Å². The number of sulfonamides is 1. The van der Waals surface area contributed by atoms with E-state index in [9.17, 15) is 13.2 Å². The van der Waals surface area contributed by atoms with Gasteiger partial charge in [0.2, 0.25) is 15.9 Å². The highest BCUT2D eigenvalue weighted by Crippen LogP contribution is 2.30. The zero-order chi connectivity index (χ0) is 26.5. The van der Waals surface area contributed by atoms with Crippen molar-refractivity contribution in [3.05, 3.63) is 23.3 Å². The number of rotatable bonds is 11. The van der Waals surface area contributed by atoms with E-state index in [1.165, 1.54) is 50.2 Å². The molecule has 36 heavy (non-hydrogen) atoms. The van der Waals surface area contributed by atoms with Crippen molar-refractivity contribution in [1.29, 1.82) is 0 Å². The second-order valence-corrected chi connectivity index (χ2v) is 13.0. The number of aryl methyl sites for hydroxylation is 2. The van der Waals surface area contributed by atoms with Crippen molar-refractivity contribution in [2.75, 3.05) is 61.0 Å². The summed E-state index contributed by atoms with van der Waals surface area (Å²) in [6.45, 7) is 7.97. The molecule has 0 radical (unpaired) electrons. The number of amides is 1. The molecular weight excluding hydrogens is 476 g/mol. The summed E-state index contributed by atoms with van der Waals surface area (Å²) in [5.74, 6) is 1.83. The van der Waals surface area contributed by atoms with Crippen molar-refractivity contribution in [3.63, 3.8) is 0 Å². The molecule has 0 bridgehead atoms. The number of hydrogen-bond donors (Lipinski definition) is 1. The third-order valence-corrected chi connectivity index (χ3v) is 10.2. The third kappa shape index (κ3) is 7.43. The fraction of sp³-hybridized carbons (Fsp3) is 0.741. The van der Waals surface area contributed by atoms with E-state index in [1.54, 1.807) is 33.1 Å². The van der Waals surface area contributed by atoms with Crippen LogP contribution < -0.4 is 10.1 Å². The molecule has 1 aromatic rings. The van der Waals surface area contributed by atoms with Gasteiger partial charge in [-0.3, -0.25) is 4.79 Å². The summed E-state index contributed by atoms with van der Waals surface area (Å²) in [5, 5.41) is 3.05. The third-order valence-electron chi connectivity index (χ3n) is 8.04. The van der Waals surface area contributed by atoms with E-state index >= 15 is 0 Å². The lowest BCUT2D eigenvalue weighted by atomic mass is 9.81. The van der Waals surface area contributed by atoms with Gasteiger partial charge in [-0.2, -0.15) is 0 Å². The lowest BCUT2D eigenvalue weighted by Crippen LogP contribution is -2.37. The Balaban J connectivity index is 1.38. The summed E-state index contributed by atoms with van der Waals surface area (Å²) >= 11 is 0. The van der Waals surface area contributed by atoms with Crippen LogP contribution in [0, 0.1) is 25.7 Å². The van der Waals surface area contributed by atoms with Crippen LogP contribution in [0.3, 0.4) is 0 Å². The van der Waals surface area contributed by atoms with Gasteiger partial charge in [-0.25, -0.2) is 12.7 Å². The van der Waals surface area contributed by atoms with E-state index in [1.807, 2.05) is 0 Å². The maximum atomic E-state index is 13.1. The van der Waals surface area contributed by atoms with Crippen LogP contribution >= 0.6 is 0 Å². The summed E-state index contributed by atoms with van der Waals surface area (Å²) in [4.78, 5) is 17.7. The minimum atomic E-state index is -3.69. The van der Waals surface area contributed by atoms with Crippen LogP contribution in [0.2, 0.25) is 0 Å². The Hall–Kier alpha value is -1.68. The monoisotopic (exact) mass is 522 g/mol. The van der Waals surface area contributed by atoms with Gasteiger partial charge in [0, 0.05) is 45.7 Å². The minimum absolute atomic E-state index is 0.0888. The van der Waals surface area contributed by atoms with Crippen molar-refractivity contribution in [1.82, 2.24) is 19.4 Å². The van der Waals surface area contributed by atoms with E-state index < -0.39 is 10.0 Å². The number of likely N-dealkylation sites (N-methyl/N-ethyl adjacent to an activating group) is 1. The molecule has 1 aliphatic heterocycles. The average Bonchev–Trinajstić information content (AvgIpc) is 3.30. The quantitative estimate of drug-likeness (QED) is 0.481. The predicted octanol–water partition coefficient (Wildman–Crippen LogP) is 2.88. The molecule has 1 saturated carbocycles. The van der Waals surface area contributed by atoms with E-state index in [2.05, 4.69) is 29.2 Å². The molecule has 1 aliphatic carbocycles. The van der Waals surface area contributed by atoms with Crippen molar-refractivity contribution in [2.24, 2.45) is 11.8 Å². The molecule has 204 valence electrons. The topological polar surface area (TPSA) is 82.2 Å². The van der Waals surface area contributed by atoms with Crippen molar-refractivity contribution < 1.29 is 17.9 Å². The number of methoxy groups -OCH3 is 1. The molecule has 0 spiro atoms. The molecular formula is C27H46N4O4S. The maximum absolute atomic E-state index is 13.1. The number of hydrogen-bond acceptors (Lipinski definition) is 6. The van der Waals surface area contributed by atoms with Gasteiger partial charge in [0.05, 0.1) is 12.0 Å². The molecule has 1 amide bonds. The number of nitrogens with zero attached hydrogens (tertiary/aromatic N) is 3. The second kappa shape index (κ2) is 12.7. The number of likely N-dealkylation sites (tertiary alicyclic amines) is 1. The Morgan fingerprint density at radius 2 is 1.67 bits per heavy atom. The Morgan fingerprint density at radius 1 is 1.06 bits per heavy atom. The lowest BCUT2D eigenvalue weighted by molar-refractivity contribution is -0.121. The van der Waals surface area contributed by atoms with Gasteiger partial charge in [-0.05, 0) is 102 Å². The first-order chi connectivity index (χ1) is 17.0. The highest BCUT2D eigenvalue weighted by molar-refractivity contribution is 7.89.